The van der Waals surface area contributed by atoms with Crippen molar-refractivity contribution in [2.75, 3.05) is 19.0 Å². The van der Waals surface area contributed by atoms with Crippen molar-refractivity contribution in [2.45, 2.75) is 13.8 Å². The third kappa shape index (κ3) is 2.62. The number of carbonyl (C=O) groups excluding carboxylic acids is 1. The van der Waals surface area contributed by atoms with Gasteiger partial charge in [-0.05, 0) is 43.4 Å². The van der Waals surface area contributed by atoms with E-state index in [0.29, 0.717) is 3.95 Å². The van der Waals surface area contributed by atoms with Crippen molar-refractivity contribution in [2.24, 2.45) is 0 Å². The van der Waals surface area contributed by atoms with Crippen molar-refractivity contribution in [3.05, 3.63) is 38.8 Å². The summed E-state index contributed by atoms with van der Waals surface area (Å²) < 4.78 is 2.66. The first-order valence-corrected chi connectivity index (χ1v) is 7.15. The maximum absolute atomic E-state index is 11.6. The van der Waals surface area contributed by atoms with Gasteiger partial charge in [-0.3, -0.25) is 9.36 Å². The monoisotopic (exact) mass is 292 g/mol. The third-order valence-electron chi connectivity index (χ3n) is 2.98. The molecule has 0 aliphatic rings. The van der Waals surface area contributed by atoms with Crippen molar-refractivity contribution < 1.29 is 4.79 Å². The van der Waals surface area contributed by atoms with Gasteiger partial charge in [0.1, 0.15) is 0 Å². The van der Waals surface area contributed by atoms with Gasteiger partial charge in [-0.15, -0.1) is 11.3 Å². The smallest absolute Gasteiger partial charge is 0.171 e. The highest BCUT2D eigenvalue weighted by Crippen LogP contribution is 2.25. The number of nitrogens with zero attached hydrogens (tertiary/aromatic N) is 2. The summed E-state index contributed by atoms with van der Waals surface area (Å²) in [6.45, 7) is 3.51. The predicted octanol–water partition coefficient (Wildman–Crippen LogP) is 3.85. The van der Waals surface area contributed by atoms with Crippen LogP contribution < -0.4 is 4.90 Å². The van der Waals surface area contributed by atoms with E-state index in [-0.39, 0.29) is 5.78 Å². The molecule has 0 aliphatic heterocycles. The molecule has 0 bridgehead atoms. The van der Waals surface area contributed by atoms with Gasteiger partial charge in [0.2, 0.25) is 0 Å². The minimum atomic E-state index is 0.0669. The van der Waals surface area contributed by atoms with Gasteiger partial charge < -0.3 is 4.90 Å². The molecule has 0 fully saturated rings. The minimum absolute atomic E-state index is 0.0669. The van der Waals surface area contributed by atoms with Gasteiger partial charge >= 0.3 is 0 Å². The average Bonchev–Trinajstić information content (AvgIpc) is 2.65. The molecule has 19 heavy (non-hydrogen) atoms. The van der Waals surface area contributed by atoms with Gasteiger partial charge in [-0.2, -0.15) is 0 Å². The Balaban J connectivity index is 2.53. The quantitative estimate of drug-likeness (QED) is 0.635. The molecule has 2 aromatic rings. The minimum Gasteiger partial charge on any atom is -0.378 e. The molecule has 0 aliphatic carbocycles. The fraction of sp³-hybridized carbons (Fsp3) is 0.286. The van der Waals surface area contributed by atoms with Gasteiger partial charge in [0.15, 0.2) is 9.74 Å². The number of ketones is 1. The zero-order valence-electron chi connectivity index (χ0n) is 11.4. The Morgan fingerprint density at radius 3 is 2.26 bits per heavy atom. The van der Waals surface area contributed by atoms with Crippen LogP contribution in [0.1, 0.15) is 22.3 Å². The number of aromatic nitrogens is 1. The summed E-state index contributed by atoms with van der Waals surface area (Å²) >= 11 is 6.74. The first-order chi connectivity index (χ1) is 8.91. The highest BCUT2D eigenvalue weighted by atomic mass is 32.1. The average molecular weight is 292 g/mol. The number of hydrogen-bond acceptors (Lipinski definition) is 4. The molecular formula is C14H16N2OS2. The van der Waals surface area contributed by atoms with Gasteiger partial charge in [0.25, 0.3) is 0 Å². The van der Waals surface area contributed by atoms with E-state index in [1.54, 1.807) is 6.92 Å². The Bertz CT molecular complexity index is 666. The number of thiazole rings is 1. The molecule has 0 radical (unpaired) electrons. The number of Topliss-reactive ketones (excluding diaryl/α,β-unsaturated/α-hetero) is 1. The Morgan fingerprint density at radius 2 is 1.84 bits per heavy atom. The van der Waals surface area contributed by atoms with Crippen molar-refractivity contribution in [3.8, 4) is 5.69 Å². The molecule has 0 N–H and O–H groups in total. The van der Waals surface area contributed by atoms with Crippen LogP contribution in [0.3, 0.4) is 0 Å². The van der Waals surface area contributed by atoms with Crippen LogP contribution in [0.25, 0.3) is 5.69 Å². The topological polar surface area (TPSA) is 25.2 Å². The summed E-state index contributed by atoms with van der Waals surface area (Å²) in [5.74, 6) is 0.0669. The largest absolute Gasteiger partial charge is 0.378 e. The van der Waals surface area contributed by atoms with Gasteiger partial charge in [-0.25, -0.2) is 0 Å². The maximum atomic E-state index is 11.6. The second-order valence-electron chi connectivity index (χ2n) is 4.58. The number of benzene rings is 1. The second kappa shape index (κ2) is 5.27. The molecule has 0 unspecified atom stereocenters. The molecule has 1 aromatic carbocycles. The van der Waals surface area contributed by atoms with E-state index >= 15 is 0 Å². The Morgan fingerprint density at radius 1 is 1.26 bits per heavy atom. The number of anilines is 1. The summed E-state index contributed by atoms with van der Waals surface area (Å²) in [4.78, 5) is 14.3. The molecule has 100 valence electrons. The van der Waals surface area contributed by atoms with Crippen LogP contribution in [-0.4, -0.2) is 24.4 Å². The van der Waals surface area contributed by atoms with Crippen molar-refractivity contribution in [3.63, 3.8) is 0 Å². The highest BCUT2D eigenvalue weighted by Gasteiger charge is 2.13. The van der Waals surface area contributed by atoms with E-state index in [4.69, 9.17) is 12.2 Å². The molecule has 0 saturated heterocycles. The summed E-state index contributed by atoms with van der Waals surface area (Å²) in [5, 5.41) is 0. The maximum Gasteiger partial charge on any atom is 0.171 e. The Kier molecular flexibility index (Phi) is 3.87. The lowest BCUT2D eigenvalue weighted by molar-refractivity contribution is 0.102. The summed E-state index contributed by atoms with van der Waals surface area (Å²) in [6, 6.07) is 8.13. The van der Waals surface area contributed by atoms with Gasteiger partial charge in [-0.1, -0.05) is 0 Å². The molecule has 0 atom stereocenters. The third-order valence-corrected chi connectivity index (χ3v) is 4.56. The normalized spacial score (nSPS) is 10.5. The fourth-order valence-corrected chi connectivity index (χ4v) is 3.35. The molecule has 1 heterocycles. The van der Waals surface area contributed by atoms with Crippen LogP contribution in [0.2, 0.25) is 0 Å². The lowest BCUT2D eigenvalue weighted by atomic mass is 10.2. The fourth-order valence-electron chi connectivity index (χ4n) is 1.97. The van der Waals surface area contributed by atoms with E-state index in [1.165, 1.54) is 11.3 Å². The van der Waals surface area contributed by atoms with Crippen LogP contribution in [0.5, 0.6) is 0 Å². The van der Waals surface area contributed by atoms with E-state index in [0.717, 1.165) is 21.9 Å². The molecular weight excluding hydrogens is 276 g/mol. The Labute approximate surface area is 122 Å². The number of hydrogen-bond donors (Lipinski definition) is 0. The number of rotatable bonds is 3. The van der Waals surface area contributed by atoms with Crippen LogP contribution in [0.15, 0.2) is 24.3 Å². The molecule has 0 spiro atoms. The highest BCUT2D eigenvalue weighted by molar-refractivity contribution is 7.73. The summed E-state index contributed by atoms with van der Waals surface area (Å²) in [7, 11) is 4.01. The van der Waals surface area contributed by atoms with E-state index < -0.39 is 0 Å². The zero-order chi connectivity index (χ0) is 14.2. The SMILES string of the molecule is CC(=O)c1sc(=S)n(-c2ccc(N(C)C)cc2)c1C. The molecule has 5 heteroatoms. The molecule has 2 rings (SSSR count). The first-order valence-electron chi connectivity index (χ1n) is 5.93. The van der Waals surface area contributed by atoms with E-state index in [1.807, 2.05) is 54.8 Å². The van der Waals surface area contributed by atoms with Crippen LogP contribution in [0, 0.1) is 10.9 Å². The van der Waals surface area contributed by atoms with Crippen LogP contribution in [0.4, 0.5) is 5.69 Å². The van der Waals surface area contributed by atoms with E-state index in [9.17, 15) is 4.79 Å². The molecule has 0 saturated carbocycles. The summed E-state index contributed by atoms with van der Waals surface area (Å²) in [6.07, 6.45) is 0. The van der Waals surface area contributed by atoms with E-state index in [2.05, 4.69) is 0 Å². The van der Waals surface area contributed by atoms with Crippen LogP contribution >= 0.6 is 23.6 Å². The zero-order valence-corrected chi connectivity index (χ0v) is 13.1. The lowest BCUT2D eigenvalue weighted by Gasteiger charge is -2.13. The number of carbonyl (C=O) groups is 1. The standard InChI is InChI=1S/C14H16N2OS2/c1-9-13(10(2)17)19-14(18)16(9)12-7-5-11(6-8-12)15(3)4/h5-8H,1-4H3. The Hall–Kier alpha value is -1.46. The summed E-state index contributed by atoms with van der Waals surface area (Å²) in [5.41, 5.74) is 3.05. The second-order valence-corrected chi connectivity index (χ2v) is 6.23. The van der Waals surface area contributed by atoms with Gasteiger partial charge in [0.05, 0.1) is 4.88 Å². The predicted molar refractivity (Wildman–Crippen MR) is 83.5 cm³/mol. The molecule has 3 nitrogen and oxygen atoms in total. The lowest BCUT2D eigenvalue weighted by Crippen LogP contribution is -2.08. The van der Waals surface area contributed by atoms with Crippen molar-refractivity contribution >= 4 is 35.0 Å². The van der Waals surface area contributed by atoms with Gasteiger partial charge in [0, 0.05) is 38.1 Å². The van der Waals surface area contributed by atoms with Crippen LogP contribution in [-0.2, 0) is 0 Å². The van der Waals surface area contributed by atoms with Crippen molar-refractivity contribution in [1.82, 2.24) is 4.57 Å². The molecule has 0 amide bonds. The first kappa shape index (κ1) is 14.0. The van der Waals surface area contributed by atoms with Crippen molar-refractivity contribution in [1.29, 1.82) is 0 Å². The molecule has 1 aromatic heterocycles.